The van der Waals surface area contributed by atoms with Gasteiger partial charge in [-0.05, 0) is 0 Å². The minimum atomic E-state index is -0.892. The Hall–Kier alpha value is -0.0505. The average molecular weight is 210 g/mol. The van der Waals surface area contributed by atoms with Crippen LogP contribution in [-0.4, -0.2) is 32.1 Å². The van der Waals surface area contributed by atoms with Crippen molar-refractivity contribution in [2.45, 2.75) is 24.1 Å². The molecular weight excluding hydrogens is 197 g/mol. The van der Waals surface area contributed by atoms with Crippen LogP contribution in [0.2, 0.25) is 11.1 Å². The van der Waals surface area contributed by atoms with E-state index >= 15 is 0 Å². The zero-order valence-electron chi connectivity index (χ0n) is 6.20. The number of carboxylic acid groups (broad SMARTS) is 1. The van der Waals surface area contributed by atoms with Crippen molar-refractivity contribution in [2.24, 2.45) is 11.7 Å². The maximum atomic E-state index is 10.3. The molecule has 10 heavy (non-hydrogen) atoms. The Morgan fingerprint density at radius 3 is 2.60 bits per heavy atom. The first-order chi connectivity index (χ1) is 4.59. The molecule has 60 valence electrons. The van der Waals surface area contributed by atoms with Gasteiger partial charge in [-0.2, -0.15) is 0 Å². The molecule has 0 bridgehead atoms. The summed E-state index contributed by atoms with van der Waals surface area (Å²) in [4.78, 5) is 10.3. The molecule has 0 amide bonds. The van der Waals surface area contributed by atoms with E-state index < -0.39 is 12.0 Å². The van der Waals surface area contributed by atoms with Crippen molar-refractivity contribution in [1.82, 2.24) is 0 Å². The molecule has 3 N–H and O–H groups in total. The van der Waals surface area contributed by atoms with Crippen LogP contribution in [0.1, 0.15) is 6.92 Å². The summed E-state index contributed by atoms with van der Waals surface area (Å²) in [5.41, 5.74) is 5.36. The van der Waals surface area contributed by atoms with Crippen LogP contribution in [0.4, 0.5) is 0 Å². The van der Waals surface area contributed by atoms with Crippen LogP contribution in [-0.2, 0) is 4.79 Å². The zero-order valence-corrected chi connectivity index (χ0v) is 7.92. The number of hydrogen-bond acceptors (Lipinski definition) is 2. The second-order valence-corrected chi connectivity index (χ2v) is 4.21. The van der Waals surface area contributed by atoms with Gasteiger partial charge in [0.05, 0.1) is 0 Å². The summed E-state index contributed by atoms with van der Waals surface area (Å²) in [7, 11) is 0. The summed E-state index contributed by atoms with van der Waals surface area (Å²) < 4.78 is 0. The van der Waals surface area contributed by atoms with Gasteiger partial charge < -0.3 is 0 Å². The van der Waals surface area contributed by atoms with E-state index in [4.69, 9.17) is 10.8 Å². The van der Waals surface area contributed by atoms with Crippen LogP contribution >= 0.6 is 0 Å². The molecule has 0 aromatic heterocycles. The van der Waals surface area contributed by atoms with Gasteiger partial charge in [0.2, 0.25) is 0 Å². The van der Waals surface area contributed by atoms with Gasteiger partial charge in [0.25, 0.3) is 0 Å². The van der Waals surface area contributed by atoms with Crippen LogP contribution in [0.15, 0.2) is 0 Å². The number of carboxylic acids is 1. The van der Waals surface area contributed by atoms with Crippen molar-refractivity contribution >= 4 is 20.9 Å². The molecule has 0 aromatic carbocycles. The summed E-state index contributed by atoms with van der Waals surface area (Å²) in [6.07, 6.45) is 0. The molecule has 2 atom stereocenters. The van der Waals surface area contributed by atoms with Crippen LogP contribution in [0.3, 0.4) is 0 Å². The summed E-state index contributed by atoms with van der Waals surface area (Å²) in [5.74, 6) is 1.30. The molecule has 0 fully saturated rings. The summed E-state index contributed by atoms with van der Waals surface area (Å²) in [6.45, 7) is 1.88. The predicted molar refractivity (Wildman–Crippen MR) is 41.2 cm³/mol. The Kier molecular flexibility index (Phi) is 4.69. The Bertz CT molecular complexity index is 118. The molecule has 0 rings (SSSR count). The monoisotopic (exact) mass is 211 g/mol. The van der Waals surface area contributed by atoms with E-state index in [1.165, 1.54) is 0 Å². The van der Waals surface area contributed by atoms with E-state index in [2.05, 4.69) is 5.82 Å². The van der Waals surface area contributed by atoms with E-state index in [1.54, 1.807) is 0 Å². The molecule has 0 aliphatic carbocycles. The van der Waals surface area contributed by atoms with Crippen molar-refractivity contribution in [2.75, 3.05) is 0 Å². The van der Waals surface area contributed by atoms with Crippen molar-refractivity contribution in [3.8, 4) is 0 Å². The molecule has 0 spiro atoms. The average Bonchev–Trinajstić information content (AvgIpc) is 1.87. The Labute approximate surface area is 67.1 Å². The van der Waals surface area contributed by atoms with Gasteiger partial charge in [-0.15, -0.1) is 0 Å². The first-order valence-electron chi connectivity index (χ1n) is 3.07. The molecule has 0 saturated carbocycles. The number of hydrogen-bond donors (Lipinski definition) is 2. The first kappa shape index (κ1) is 9.95. The topological polar surface area (TPSA) is 63.3 Å². The quantitative estimate of drug-likeness (QED) is 0.652. The van der Waals surface area contributed by atoms with Gasteiger partial charge in [0.15, 0.2) is 0 Å². The normalized spacial score (nSPS) is 16.3. The molecule has 0 aliphatic heterocycles. The predicted octanol–water partition coefficient (Wildman–Crippen LogP) is 0.205. The van der Waals surface area contributed by atoms with Crippen molar-refractivity contribution in [3.05, 3.63) is 0 Å². The molecule has 2 unspecified atom stereocenters. The molecule has 0 aliphatic rings. The van der Waals surface area contributed by atoms with Gasteiger partial charge in [0, 0.05) is 0 Å². The number of carbonyl (C=O) groups is 1. The third-order valence-corrected chi connectivity index (χ3v) is 3.13. The van der Waals surface area contributed by atoms with Gasteiger partial charge in [0.1, 0.15) is 0 Å². The SMILES string of the molecule is C[Se]CC(C)C(N)C(=O)O. The van der Waals surface area contributed by atoms with E-state index in [-0.39, 0.29) is 5.92 Å². The van der Waals surface area contributed by atoms with Gasteiger partial charge in [-0.1, -0.05) is 0 Å². The number of aliphatic carboxylic acids is 1. The van der Waals surface area contributed by atoms with E-state index in [9.17, 15) is 4.79 Å². The van der Waals surface area contributed by atoms with Crippen LogP contribution in [0.25, 0.3) is 0 Å². The van der Waals surface area contributed by atoms with Crippen molar-refractivity contribution in [1.29, 1.82) is 0 Å². The molecule has 3 nitrogen and oxygen atoms in total. The standard InChI is InChI=1S/C6H13NO2Se/c1-4(3-10-2)5(7)6(8)9/h4-5H,3,7H2,1-2H3,(H,8,9). The number of rotatable bonds is 4. The molecular formula is C6H13NO2Se. The van der Waals surface area contributed by atoms with Crippen LogP contribution in [0, 0.1) is 5.92 Å². The fourth-order valence-corrected chi connectivity index (χ4v) is 2.15. The van der Waals surface area contributed by atoms with Gasteiger partial charge in [-0.25, -0.2) is 0 Å². The molecule has 0 heterocycles. The van der Waals surface area contributed by atoms with Gasteiger partial charge in [-0.3, -0.25) is 0 Å². The van der Waals surface area contributed by atoms with Crippen LogP contribution < -0.4 is 5.73 Å². The third kappa shape index (κ3) is 3.20. The second kappa shape index (κ2) is 4.72. The third-order valence-electron chi connectivity index (χ3n) is 1.33. The molecule has 0 saturated heterocycles. The molecule has 0 radical (unpaired) electrons. The van der Waals surface area contributed by atoms with Crippen LogP contribution in [0.5, 0.6) is 0 Å². The van der Waals surface area contributed by atoms with Crippen molar-refractivity contribution in [3.63, 3.8) is 0 Å². The summed E-state index contributed by atoms with van der Waals surface area (Å²) in [5, 5.41) is 9.41. The van der Waals surface area contributed by atoms with Crippen molar-refractivity contribution < 1.29 is 9.90 Å². The summed E-state index contributed by atoms with van der Waals surface area (Å²) in [6, 6.07) is -0.679. The Morgan fingerprint density at radius 2 is 2.30 bits per heavy atom. The Balaban J connectivity index is 3.69. The van der Waals surface area contributed by atoms with Gasteiger partial charge >= 0.3 is 66.6 Å². The van der Waals surface area contributed by atoms with E-state index in [1.807, 2.05) is 6.92 Å². The molecule has 4 heteroatoms. The minimum absolute atomic E-state index is 0.113. The fraction of sp³-hybridized carbons (Fsp3) is 0.833. The zero-order chi connectivity index (χ0) is 8.15. The van der Waals surface area contributed by atoms with E-state index in [0.717, 1.165) is 5.32 Å². The molecule has 0 aromatic rings. The Morgan fingerprint density at radius 1 is 1.80 bits per heavy atom. The fourth-order valence-electron chi connectivity index (χ4n) is 0.610. The first-order valence-corrected chi connectivity index (χ1v) is 5.99. The maximum absolute atomic E-state index is 10.3. The summed E-state index contributed by atoms with van der Waals surface area (Å²) >= 11 is 0.520. The number of nitrogens with two attached hydrogens (primary N) is 1. The van der Waals surface area contributed by atoms with E-state index in [0.29, 0.717) is 15.0 Å². The second-order valence-electron chi connectivity index (χ2n) is 2.30.